The van der Waals surface area contributed by atoms with E-state index >= 15 is 0 Å². The maximum atomic E-state index is 12.4. The number of hydrogen-bond acceptors (Lipinski definition) is 3. The van der Waals surface area contributed by atoms with Crippen LogP contribution in [0.1, 0.15) is 35.7 Å². The Hall–Kier alpha value is -2.34. The molecule has 0 aliphatic rings. The molecule has 0 radical (unpaired) electrons. The number of unbranched alkanes of at least 4 members (excludes halogenated alkanes) is 1. The van der Waals surface area contributed by atoms with Gasteiger partial charge >= 0.3 is 0 Å². The summed E-state index contributed by atoms with van der Waals surface area (Å²) >= 11 is 0. The molecule has 0 heterocycles. The molecule has 24 heavy (non-hydrogen) atoms. The predicted octanol–water partition coefficient (Wildman–Crippen LogP) is 3.33. The third-order valence-corrected chi connectivity index (χ3v) is 4.99. The Morgan fingerprint density at radius 2 is 1.79 bits per heavy atom. The van der Waals surface area contributed by atoms with Gasteiger partial charge in [-0.25, -0.2) is 8.42 Å². The van der Waals surface area contributed by atoms with Gasteiger partial charge in [-0.3, -0.25) is 9.52 Å². The summed E-state index contributed by atoms with van der Waals surface area (Å²) in [5.74, 6) is -0.205. The Kier molecular flexibility index (Phi) is 5.98. The molecule has 0 unspecified atom stereocenters. The monoisotopic (exact) mass is 346 g/mol. The van der Waals surface area contributed by atoms with Crippen LogP contribution in [0.3, 0.4) is 0 Å². The quantitative estimate of drug-likeness (QED) is 0.755. The molecule has 0 atom stereocenters. The van der Waals surface area contributed by atoms with Crippen LogP contribution in [0.25, 0.3) is 0 Å². The second-order valence-corrected chi connectivity index (χ2v) is 7.24. The summed E-state index contributed by atoms with van der Waals surface area (Å²) in [6.45, 7) is 4.45. The summed E-state index contributed by atoms with van der Waals surface area (Å²) in [4.78, 5) is 12.3. The number of carbonyl (C=O) groups excluding carboxylic acids is 1. The van der Waals surface area contributed by atoms with E-state index in [4.69, 9.17) is 0 Å². The topological polar surface area (TPSA) is 75.3 Å². The minimum atomic E-state index is -3.68. The number of sulfonamides is 1. The van der Waals surface area contributed by atoms with Crippen molar-refractivity contribution in [3.63, 3.8) is 0 Å². The van der Waals surface area contributed by atoms with Gasteiger partial charge < -0.3 is 5.32 Å². The van der Waals surface area contributed by atoms with Crippen molar-refractivity contribution in [1.29, 1.82) is 0 Å². The maximum absolute atomic E-state index is 12.4. The summed E-state index contributed by atoms with van der Waals surface area (Å²) < 4.78 is 27.4. The van der Waals surface area contributed by atoms with Gasteiger partial charge in [0.05, 0.1) is 10.6 Å². The lowest BCUT2D eigenvalue weighted by Gasteiger charge is -2.12. The number of hydrogen-bond donors (Lipinski definition) is 2. The largest absolute Gasteiger partial charge is 0.352 e. The zero-order chi connectivity index (χ0) is 17.6. The highest BCUT2D eigenvalue weighted by atomic mass is 32.2. The van der Waals surface area contributed by atoms with Crippen molar-refractivity contribution in [2.24, 2.45) is 0 Å². The van der Waals surface area contributed by atoms with Crippen LogP contribution in [0.5, 0.6) is 0 Å². The number of amides is 1. The van der Waals surface area contributed by atoms with Gasteiger partial charge in [-0.15, -0.1) is 0 Å². The van der Waals surface area contributed by atoms with Gasteiger partial charge in [0, 0.05) is 12.1 Å². The zero-order valence-electron chi connectivity index (χ0n) is 13.9. The van der Waals surface area contributed by atoms with Crippen LogP contribution in [-0.4, -0.2) is 20.9 Å². The fraction of sp³-hybridized carbons (Fsp3) is 0.278. The molecule has 128 valence electrons. The van der Waals surface area contributed by atoms with Crippen molar-refractivity contribution in [2.45, 2.75) is 31.6 Å². The lowest BCUT2D eigenvalue weighted by molar-refractivity contribution is 0.0953. The molecule has 2 N–H and O–H groups in total. The Bertz CT molecular complexity index is 802. The molecule has 0 aliphatic heterocycles. The molecule has 0 spiro atoms. The van der Waals surface area contributed by atoms with E-state index in [1.807, 2.05) is 0 Å². The van der Waals surface area contributed by atoms with Gasteiger partial charge in [-0.2, -0.15) is 0 Å². The molecule has 0 saturated carbocycles. The number of benzene rings is 2. The first kappa shape index (κ1) is 18.0. The maximum Gasteiger partial charge on any atom is 0.261 e. The van der Waals surface area contributed by atoms with Gasteiger partial charge in [0.25, 0.3) is 15.9 Å². The first-order valence-corrected chi connectivity index (χ1v) is 9.39. The molecule has 6 heteroatoms. The van der Waals surface area contributed by atoms with Gasteiger partial charge in [0.1, 0.15) is 0 Å². The highest BCUT2D eigenvalue weighted by Gasteiger charge is 2.16. The fourth-order valence-corrected chi connectivity index (χ4v) is 3.30. The van der Waals surface area contributed by atoms with Crippen LogP contribution < -0.4 is 10.0 Å². The van der Waals surface area contributed by atoms with Crippen molar-refractivity contribution in [3.05, 3.63) is 59.7 Å². The van der Waals surface area contributed by atoms with Gasteiger partial charge in [-0.05, 0) is 43.2 Å². The second-order valence-electron chi connectivity index (χ2n) is 5.56. The molecule has 1 amide bonds. The molecule has 2 rings (SSSR count). The van der Waals surface area contributed by atoms with E-state index in [1.54, 1.807) is 43.3 Å². The van der Waals surface area contributed by atoms with Crippen LogP contribution >= 0.6 is 0 Å². The minimum Gasteiger partial charge on any atom is -0.352 e. The standard InChI is InChI=1S/C18H22N2O3S/c1-3-4-12-19-18(21)15-11-10-14(2)17(13-15)20-24(22,23)16-8-6-5-7-9-16/h5-11,13,20H,3-4,12H2,1-2H3,(H,19,21). The van der Waals surface area contributed by atoms with Gasteiger partial charge in [-0.1, -0.05) is 37.6 Å². The van der Waals surface area contributed by atoms with Crippen LogP contribution in [0.15, 0.2) is 53.4 Å². The molecule has 2 aromatic carbocycles. The van der Waals surface area contributed by atoms with E-state index in [0.717, 1.165) is 18.4 Å². The first-order chi connectivity index (χ1) is 11.4. The molecule has 0 aliphatic carbocycles. The van der Waals surface area contributed by atoms with Crippen molar-refractivity contribution < 1.29 is 13.2 Å². The normalized spacial score (nSPS) is 11.1. The zero-order valence-corrected chi connectivity index (χ0v) is 14.7. The lowest BCUT2D eigenvalue weighted by atomic mass is 10.1. The van der Waals surface area contributed by atoms with E-state index in [1.165, 1.54) is 12.1 Å². The third-order valence-electron chi connectivity index (χ3n) is 3.61. The van der Waals surface area contributed by atoms with Crippen LogP contribution in [-0.2, 0) is 10.0 Å². The highest BCUT2D eigenvalue weighted by Crippen LogP contribution is 2.21. The number of anilines is 1. The van der Waals surface area contributed by atoms with Crippen molar-refractivity contribution >= 4 is 21.6 Å². The summed E-state index contributed by atoms with van der Waals surface area (Å²) in [5.41, 5.74) is 1.59. The Morgan fingerprint density at radius 1 is 1.08 bits per heavy atom. The molecule has 5 nitrogen and oxygen atoms in total. The molecule has 0 fully saturated rings. The first-order valence-electron chi connectivity index (χ1n) is 7.91. The van der Waals surface area contributed by atoms with E-state index in [-0.39, 0.29) is 10.8 Å². The van der Waals surface area contributed by atoms with Crippen LogP contribution in [0.4, 0.5) is 5.69 Å². The Morgan fingerprint density at radius 3 is 2.46 bits per heavy atom. The third kappa shape index (κ3) is 4.58. The number of aryl methyl sites for hydroxylation is 1. The molecular formula is C18H22N2O3S. The summed E-state index contributed by atoms with van der Waals surface area (Å²) in [6.07, 6.45) is 1.90. The molecular weight excluding hydrogens is 324 g/mol. The SMILES string of the molecule is CCCCNC(=O)c1ccc(C)c(NS(=O)(=O)c2ccccc2)c1. The molecule has 2 aromatic rings. The smallest absolute Gasteiger partial charge is 0.261 e. The van der Waals surface area contributed by atoms with Gasteiger partial charge in [0.15, 0.2) is 0 Å². The van der Waals surface area contributed by atoms with Crippen molar-refractivity contribution in [2.75, 3.05) is 11.3 Å². The molecule has 0 aromatic heterocycles. The minimum absolute atomic E-state index is 0.183. The molecule has 0 bridgehead atoms. The average Bonchev–Trinajstić information content (AvgIpc) is 2.57. The van der Waals surface area contributed by atoms with Gasteiger partial charge in [0.2, 0.25) is 0 Å². The highest BCUT2D eigenvalue weighted by molar-refractivity contribution is 7.92. The van der Waals surface area contributed by atoms with E-state index in [2.05, 4.69) is 17.0 Å². The van der Waals surface area contributed by atoms with Crippen molar-refractivity contribution in [3.8, 4) is 0 Å². The number of nitrogens with one attached hydrogen (secondary N) is 2. The summed E-state index contributed by atoms with van der Waals surface area (Å²) in [6, 6.07) is 13.1. The number of rotatable bonds is 7. The average molecular weight is 346 g/mol. The summed E-state index contributed by atoms with van der Waals surface area (Å²) in [5, 5.41) is 2.82. The Balaban J connectivity index is 2.21. The number of carbonyl (C=O) groups is 1. The van der Waals surface area contributed by atoms with Crippen LogP contribution in [0, 0.1) is 6.92 Å². The van der Waals surface area contributed by atoms with E-state index < -0.39 is 10.0 Å². The Labute approximate surface area is 143 Å². The van der Waals surface area contributed by atoms with Crippen LogP contribution in [0.2, 0.25) is 0 Å². The van der Waals surface area contributed by atoms with E-state index in [0.29, 0.717) is 17.8 Å². The van der Waals surface area contributed by atoms with Crippen molar-refractivity contribution in [1.82, 2.24) is 5.32 Å². The lowest BCUT2D eigenvalue weighted by Crippen LogP contribution is -2.24. The van der Waals surface area contributed by atoms with E-state index in [9.17, 15) is 13.2 Å². The molecule has 0 saturated heterocycles. The summed E-state index contributed by atoms with van der Waals surface area (Å²) in [7, 11) is -3.68. The predicted molar refractivity (Wildman–Crippen MR) is 95.7 cm³/mol. The second kappa shape index (κ2) is 7.97. The fourth-order valence-electron chi connectivity index (χ4n) is 2.16.